The monoisotopic (exact) mass is 339 g/mol. The van der Waals surface area contributed by atoms with E-state index in [1.807, 2.05) is 20.8 Å². The number of hydrogen-bond acceptors (Lipinski definition) is 5. The first kappa shape index (κ1) is 17.4. The number of hydrogen-bond donors (Lipinski definition) is 0. The van der Waals surface area contributed by atoms with Crippen LogP contribution < -0.4 is 5.56 Å². The number of oxazole rings is 1. The predicted molar refractivity (Wildman–Crippen MR) is 85.9 cm³/mol. The Morgan fingerprint density at radius 2 is 1.91 bits per heavy atom. The van der Waals surface area contributed by atoms with Crippen LogP contribution in [0.25, 0.3) is 0 Å². The van der Waals surface area contributed by atoms with Crippen LogP contribution in [-0.2, 0) is 22.0 Å². The van der Waals surface area contributed by atoms with E-state index < -0.39 is 10.0 Å². The minimum absolute atomic E-state index is 0.0460. The van der Waals surface area contributed by atoms with Crippen LogP contribution in [0, 0.1) is 0 Å². The van der Waals surface area contributed by atoms with Crippen molar-refractivity contribution in [2.75, 3.05) is 14.1 Å². The van der Waals surface area contributed by atoms with Gasteiger partial charge in [-0.25, -0.2) is 17.7 Å². The largest absolute Gasteiger partial charge is 0.443 e. The van der Waals surface area contributed by atoms with Crippen LogP contribution in [0.5, 0.6) is 0 Å². The molecule has 0 fully saturated rings. The van der Waals surface area contributed by atoms with Gasteiger partial charge >= 0.3 is 0 Å². The Hall–Kier alpha value is -1.93. The average Bonchev–Trinajstić information content (AvgIpc) is 2.89. The van der Waals surface area contributed by atoms with E-state index in [1.165, 1.54) is 37.0 Å². The molecule has 7 nitrogen and oxygen atoms in total. The molecule has 0 saturated carbocycles. The highest BCUT2D eigenvalue weighted by atomic mass is 32.2. The van der Waals surface area contributed by atoms with Gasteiger partial charge in [-0.3, -0.25) is 4.79 Å². The van der Waals surface area contributed by atoms with Gasteiger partial charge in [0.1, 0.15) is 12.3 Å². The second kappa shape index (κ2) is 5.93. The molecule has 0 N–H and O–H groups in total. The molecule has 2 rings (SSSR count). The third kappa shape index (κ3) is 3.70. The van der Waals surface area contributed by atoms with Crippen LogP contribution >= 0.6 is 0 Å². The maximum atomic E-state index is 12.2. The van der Waals surface area contributed by atoms with Gasteiger partial charge in [-0.15, -0.1) is 0 Å². The SMILES string of the molecule is CN(C)S(=O)(=O)c1ccc(=O)n(Cc2ncc(C(C)(C)C)o2)c1. The number of pyridine rings is 1. The normalized spacial score (nSPS) is 12.8. The molecule has 126 valence electrons. The first-order valence-corrected chi connectivity index (χ1v) is 8.54. The molecular weight excluding hydrogens is 318 g/mol. The first-order chi connectivity index (χ1) is 10.5. The zero-order valence-electron chi connectivity index (χ0n) is 13.9. The maximum Gasteiger partial charge on any atom is 0.251 e. The van der Waals surface area contributed by atoms with E-state index in [0.29, 0.717) is 11.7 Å². The van der Waals surface area contributed by atoms with E-state index >= 15 is 0 Å². The maximum absolute atomic E-state index is 12.2. The lowest BCUT2D eigenvalue weighted by Gasteiger charge is -2.13. The Bertz CT molecular complexity index is 857. The highest BCUT2D eigenvalue weighted by Gasteiger charge is 2.21. The van der Waals surface area contributed by atoms with Crippen LogP contribution in [0.15, 0.2) is 38.6 Å². The molecule has 0 unspecified atom stereocenters. The molecule has 8 heteroatoms. The van der Waals surface area contributed by atoms with E-state index in [-0.39, 0.29) is 22.4 Å². The average molecular weight is 339 g/mol. The number of nitrogens with zero attached hydrogens (tertiary/aromatic N) is 3. The molecule has 0 saturated heterocycles. The lowest BCUT2D eigenvalue weighted by atomic mass is 9.94. The molecular formula is C15H21N3O4S. The molecule has 2 aromatic heterocycles. The van der Waals surface area contributed by atoms with Gasteiger partial charge in [0, 0.05) is 31.8 Å². The molecule has 0 aliphatic carbocycles. The summed E-state index contributed by atoms with van der Waals surface area (Å²) in [6, 6.07) is 2.52. The van der Waals surface area contributed by atoms with Crippen LogP contribution in [0.2, 0.25) is 0 Å². The Labute approximate surface area is 135 Å². The van der Waals surface area contributed by atoms with Crippen molar-refractivity contribution in [1.82, 2.24) is 13.9 Å². The van der Waals surface area contributed by atoms with Gasteiger partial charge < -0.3 is 8.98 Å². The molecule has 2 aromatic rings. The molecule has 0 aromatic carbocycles. The van der Waals surface area contributed by atoms with Gasteiger partial charge in [0.2, 0.25) is 15.9 Å². The molecule has 0 bridgehead atoms. The van der Waals surface area contributed by atoms with E-state index in [0.717, 1.165) is 4.31 Å². The summed E-state index contributed by atoms with van der Waals surface area (Å²) in [5.41, 5.74) is -0.509. The summed E-state index contributed by atoms with van der Waals surface area (Å²) in [7, 11) is -0.726. The Morgan fingerprint density at radius 3 is 2.43 bits per heavy atom. The number of rotatable bonds is 4. The Kier molecular flexibility index (Phi) is 4.50. The third-order valence-electron chi connectivity index (χ3n) is 3.33. The summed E-state index contributed by atoms with van der Waals surface area (Å²) in [6.45, 7) is 6.06. The molecule has 0 aliphatic rings. The predicted octanol–water partition coefficient (Wildman–Crippen LogP) is 1.43. The summed E-state index contributed by atoms with van der Waals surface area (Å²) in [5, 5.41) is 0. The zero-order chi connectivity index (χ0) is 17.4. The fourth-order valence-electron chi connectivity index (χ4n) is 1.87. The minimum Gasteiger partial charge on any atom is -0.443 e. The topological polar surface area (TPSA) is 85.4 Å². The second-order valence-electron chi connectivity index (χ2n) is 6.49. The van der Waals surface area contributed by atoms with Gasteiger partial charge in [0.15, 0.2) is 0 Å². The highest BCUT2D eigenvalue weighted by molar-refractivity contribution is 7.89. The van der Waals surface area contributed by atoms with Crippen LogP contribution in [-0.4, -0.2) is 36.4 Å². The van der Waals surface area contributed by atoms with Crippen molar-refractivity contribution in [2.24, 2.45) is 0 Å². The summed E-state index contributed by atoms with van der Waals surface area (Å²) in [6.07, 6.45) is 2.93. The fourth-order valence-corrected chi connectivity index (χ4v) is 2.79. The Morgan fingerprint density at radius 1 is 1.26 bits per heavy atom. The van der Waals surface area contributed by atoms with Crippen molar-refractivity contribution in [3.05, 3.63) is 46.5 Å². The van der Waals surface area contributed by atoms with E-state index in [4.69, 9.17) is 4.42 Å². The van der Waals surface area contributed by atoms with Gasteiger partial charge in [-0.2, -0.15) is 0 Å². The number of aromatic nitrogens is 2. The second-order valence-corrected chi connectivity index (χ2v) is 8.64. The van der Waals surface area contributed by atoms with E-state index in [1.54, 1.807) is 6.20 Å². The zero-order valence-corrected chi connectivity index (χ0v) is 14.7. The van der Waals surface area contributed by atoms with Crippen molar-refractivity contribution >= 4 is 10.0 Å². The number of sulfonamides is 1. The van der Waals surface area contributed by atoms with Crippen molar-refractivity contribution < 1.29 is 12.8 Å². The lowest BCUT2D eigenvalue weighted by molar-refractivity contribution is 0.375. The summed E-state index contributed by atoms with van der Waals surface area (Å²) < 4.78 is 32.3. The Balaban J connectivity index is 2.38. The van der Waals surface area contributed by atoms with Crippen LogP contribution in [0.4, 0.5) is 0 Å². The molecule has 0 amide bonds. The van der Waals surface area contributed by atoms with Crippen molar-refractivity contribution in [1.29, 1.82) is 0 Å². The first-order valence-electron chi connectivity index (χ1n) is 7.10. The summed E-state index contributed by atoms with van der Waals surface area (Å²) in [4.78, 5) is 16.2. The van der Waals surface area contributed by atoms with Crippen molar-refractivity contribution in [2.45, 2.75) is 37.6 Å². The molecule has 0 spiro atoms. The molecule has 2 heterocycles. The van der Waals surface area contributed by atoms with E-state index in [9.17, 15) is 13.2 Å². The van der Waals surface area contributed by atoms with Gasteiger partial charge in [-0.05, 0) is 6.07 Å². The molecule has 0 radical (unpaired) electrons. The summed E-state index contributed by atoms with van der Waals surface area (Å²) >= 11 is 0. The lowest BCUT2D eigenvalue weighted by Crippen LogP contribution is -2.26. The third-order valence-corrected chi connectivity index (χ3v) is 5.13. The minimum atomic E-state index is -3.60. The molecule has 23 heavy (non-hydrogen) atoms. The van der Waals surface area contributed by atoms with Gasteiger partial charge in [0.25, 0.3) is 5.56 Å². The van der Waals surface area contributed by atoms with Gasteiger partial charge in [-0.1, -0.05) is 20.8 Å². The van der Waals surface area contributed by atoms with Crippen LogP contribution in [0.3, 0.4) is 0 Å². The molecule has 0 atom stereocenters. The van der Waals surface area contributed by atoms with Gasteiger partial charge in [0.05, 0.1) is 11.1 Å². The van der Waals surface area contributed by atoms with Crippen molar-refractivity contribution in [3.8, 4) is 0 Å². The van der Waals surface area contributed by atoms with Crippen molar-refractivity contribution in [3.63, 3.8) is 0 Å². The summed E-state index contributed by atoms with van der Waals surface area (Å²) in [5.74, 6) is 1.06. The highest BCUT2D eigenvalue weighted by Crippen LogP contribution is 2.22. The smallest absolute Gasteiger partial charge is 0.251 e. The fraction of sp³-hybridized carbons (Fsp3) is 0.467. The van der Waals surface area contributed by atoms with Crippen LogP contribution in [0.1, 0.15) is 32.4 Å². The standard InChI is InChI=1S/C15H21N3O4S/c1-15(2,3)12-8-16-13(22-12)10-18-9-11(6-7-14(18)19)23(20,21)17(4)5/h6-9H,10H2,1-5H3. The van der Waals surface area contributed by atoms with E-state index in [2.05, 4.69) is 4.98 Å². The molecule has 0 aliphatic heterocycles. The quantitative estimate of drug-likeness (QED) is 0.841.